The lowest BCUT2D eigenvalue weighted by Gasteiger charge is -2.09. The minimum Gasteiger partial charge on any atom is -0.494 e. The standard InChI is InChI=1S/C14H18O4/c1-2-16-12-9-7-11(8-10-12)14(15)18-17-13-5-3-4-6-13/h7-10,13H,2-6H2,1H3. The van der Waals surface area contributed by atoms with Crippen LogP contribution in [0.4, 0.5) is 0 Å². The van der Waals surface area contributed by atoms with Crippen LogP contribution in [0.1, 0.15) is 43.0 Å². The third kappa shape index (κ3) is 3.47. The zero-order chi connectivity index (χ0) is 12.8. The Morgan fingerprint density at radius 1 is 1.22 bits per heavy atom. The van der Waals surface area contributed by atoms with Crippen molar-refractivity contribution in [2.24, 2.45) is 0 Å². The minimum atomic E-state index is -0.454. The summed E-state index contributed by atoms with van der Waals surface area (Å²) in [6.45, 7) is 2.52. The van der Waals surface area contributed by atoms with Crippen molar-refractivity contribution in [2.75, 3.05) is 6.61 Å². The number of carbonyl (C=O) groups excluding carboxylic acids is 1. The Balaban J connectivity index is 1.83. The lowest BCUT2D eigenvalue weighted by atomic mass is 10.2. The van der Waals surface area contributed by atoms with Crippen molar-refractivity contribution in [3.63, 3.8) is 0 Å². The van der Waals surface area contributed by atoms with E-state index in [2.05, 4.69) is 0 Å². The summed E-state index contributed by atoms with van der Waals surface area (Å²) in [6.07, 6.45) is 4.29. The number of ether oxygens (including phenoxy) is 1. The van der Waals surface area contributed by atoms with E-state index in [4.69, 9.17) is 14.5 Å². The Morgan fingerprint density at radius 3 is 2.50 bits per heavy atom. The second-order valence-electron chi connectivity index (χ2n) is 4.33. The van der Waals surface area contributed by atoms with Crippen LogP contribution in [0, 0.1) is 0 Å². The van der Waals surface area contributed by atoms with Crippen molar-refractivity contribution < 1.29 is 19.3 Å². The van der Waals surface area contributed by atoms with Crippen LogP contribution < -0.4 is 4.74 Å². The Kier molecular flexibility index (Phi) is 4.59. The molecule has 1 fully saturated rings. The second kappa shape index (κ2) is 6.40. The number of carbonyl (C=O) groups is 1. The summed E-state index contributed by atoms with van der Waals surface area (Å²) in [5.74, 6) is 0.288. The SMILES string of the molecule is CCOc1ccc(C(=O)OOC2CCCC2)cc1. The van der Waals surface area contributed by atoms with Crippen LogP contribution >= 0.6 is 0 Å². The monoisotopic (exact) mass is 250 g/mol. The lowest BCUT2D eigenvalue weighted by molar-refractivity contribution is -0.272. The van der Waals surface area contributed by atoms with Gasteiger partial charge in [0, 0.05) is 0 Å². The molecule has 1 aromatic rings. The van der Waals surface area contributed by atoms with Gasteiger partial charge in [-0.3, -0.25) is 4.89 Å². The van der Waals surface area contributed by atoms with Crippen LogP contribution in [0.5, 0.6) is 5.75 Å². The molecule has 0 bridgehead atoms. The quantitative estimate of drug-likeness (QED) is 0.595. The predicted molar refractivity (Wildman–Crippen MR) is 66.4 cm³/mol. The summed E-state index contributed by atoms with van der Waals surface area (Å²) >= 11 is 0. The van der Waals surface area contributed by atoms with Gasteiger partial charge in [0.2, 0.25) is 0 Å². The molecule has 0 aliphatic heterocycles. The number of rotatable bonds is 5. The summed E-state index contributed by atoms with van der Waals surface area (Å²) < 4.78 is 5.30. The van der Waals surface area contributed by atoms with Crippen molar-refractivity contribution in [1.82, 2.24) is 0 Å². The van der Waals surface area contributed by atoms with Crippen LogP contribution in [-0.2, 0) is 9.78 Å². The van der Waals surface area contributed by atoms with Gasteiger partial charge >= 0.3 is 5.97 Å². The first-order chi connectivity index (χ1) is 8.79. The van der Waals surface area contributed by atoms with Gasteiger partial charge in [0.1, 0.15) is 11.9 Å². The Bertz CT molecular complexity index is 379. The van der Waals surface area contributed by atoms with E-state index in [1.54, 1.807) is 24.3 Å². The molecule has 0 N–H and O–H groups in total. The molecule has 4 nitrogen and oxygen atoms in total. The highest BCUT2D eigenvalue weighted by atomic mass is 17.2. The van der Waals surface area contributed by atoms with Gasteiger partial charge in [0.25, 0.3) is 0 Å². The van der Waals surface area contributed by atoms with E-state index < -0.39 is 5.97 Å². The lowest BCUT2D eigenvalue weighted by Crippen LogP contribution is -2.13. The Hall–Kier alpha value is -1.55. The summed E-state index contributed by atoms with van der Waals surface area (Å²) in [7, 11) is 0. The van der Waals surface area contributed by atoms with E-state index in [0.717, 1.165) is 31.4 Å². The molecule has 0 spiro atoms. The van der Waals surface area contributed by atoms with Gasteiger partial charge in [-0.1, -0.05) is 12.8 Å². The van der Waals surface area contributed by atoms with E-state index in [1.807, 2.05) is 6.92 Å². The highest BCUT2D eigenvalue weighted by molar-refractivity contribution is 5.89. The van der Waals surface area contributed by atoms with Gasteiger partial charge in [0.05, 0.1) is 12.2 Å². The average molecular weight is 250 g/mol. The first kappa shape index (κ1) is 12.9. The maximum absolute atomic E-state index is 11.7. The van der Waals surface area contributed by atoms with Crippen LogP contribution in [-0.4, -0.2) is 18.7 Å². The molecule has 0 heterocycles. The average Bonchev–Trinajstić information content (AvgIpc) is 2.90. The highest BCUT2D eigenvalue weighted by Gasteiger charge is 2.19. The molecule has 1 aliphatic carbocycles. The van der Waals surface area contributed by atoms with E-state index in [1.165, 1.54) is 0 Å². The summed E-state index contributed by atoms with van der Waals surface area (Å²) in [5, 5.41) is 0. The highest BCUT2D eigenvalue weighted by Crippen LogP contribution is 2.21. The maximum Gasteiger partial charge on any atom is 0.373 e. The van der Waals surface area contributed by atoms with Gasteiger partial charge < -0.3 is 4.74 Å². The largest absolute Gasteiger partial charge is 0.494 e. The molecule has 0 saturated heterocycles. The van der Waals surface area contributed by atoms with Gasteiger partial charge in [-0.15, -0.1) is 0 Å². The fraction of sp³-hybridized carbons (Fsp3) is 0.500. The Morgan fingerprint density at radius 2 is 1.89 bits per heavy atom. The summed E-state index contributed by atoms with van der Waals surface area (Å²) in [5.41, 5.74) is 0.469. The van der Waals surface area contributed by atoms with Crippen LogP contribution in [0.3, 0.4) is 0 Å². The second-order valence-corrected chi connectivity index (χ2v) is 4.33. The topological polar surface area (TPSA) is 44.8 Å². The predicted octanol–water partition coefficient (Wildman–Crippen LogP) is 3.12. The first-order valence-electron chi connectivity index (χ1n) is 6.40. The first-order valence-corrected chi connectivity index (χ1v) is 6.40. The number of hydrogen-bond acceptors (Lipinski definition) is 4. The zero-order valence-electron chi connectivity index (χ0n) is 10.6. The molecule has 0 amide bonds. The molecule has 98 valence electrons. The van der Waals surface area contributed by atoms with E-state index in [9.17, 15) is 4.79 Å². The molecule has 0 unspecified atom stereocenters. The molecule has 1 saturated carbocycles. The zero-order valence-corrected chi connectivity index (χ0v) is 10.6. The van der Waals surface area contributed by atoms with Crippen LogP contribution in [0.2, 0.25) is 0 Å². The van der Waals surface area contributed by atoms with Crippen LogP contribution in [0.25, 0.3) is 0 Å². The molecule has 0 radical (unpaired) electrons. The van der Waals surface area contributed by atoms with Crippen LogP contribution in [0.15, 0.2) is 24.3 Å². The number of hydrogen-bond donors (Lipinski definition) is 0. The number of benzene rings is 1. The molecular weight excluding hydrogens is 232 g/mol. The third-order valence-electron chi connectivity index (χ3n) is 2.96. The van der Waals surface area contributed by atoms with Crippen molar-refractivity contribution in [3.05, 3.63) is 29.8 Å². The molecule has 2 rings (SSSR count). The normalized spacial score (nSPS) is 15.6. The molecule has 18 heavy (non-hydrogen) atoms. The summed E-state index contributed by atoms with van der Waals surface area (Å²) in [4.78, 5) is 21.6. The van der Waals surface area contributed by atoms with Gasteiger partial charge in [-0.2, -0.15) is 4.89 Å². The minimum absolute atomic E-state index is 0.0663. The molecule has 1 aliphatic rings. The van der Waals surface area contributed by atoms with E-state index >= 15 is 0 Å². The molecule has 1 aromatic carbocycles. The summed E-state index contributed by atoms with van der Waals surface area (Å²) in [6, 6.07) is 6.84. The molecule has 4 heteroatoms. The van der Waals surface area contributed by atoms with Gasteiger partial charge in [-0.25, -0.2) is 4.79 Å². The smallest absolute Gasteiger partial charge is 0.373 e. The van der Waals surface area contributed by atoms with Crippen molar-refractivity contribution in [3.8, 4) is 5.75 Å². The molecule has 0 atom stereocenters. The van der Waals surface area contributed by atoms with Gasteiger partial charge in [0.15, 0.2) is 0 Å². The van der Waals surface area contributed by atoms with Crippen molar-refractivity contribution in [2.45, 2.75) is 38.7 Å². The molecular formula is C14H18O4. The third-order valence-corrected chi connectivity index (χ3v) is 2.96. The van der Waals surface area contributed by atoms with E-state index in [-0.39, 0.29) is 6.10 Å². The maximum atomic E-state index is 11.7. The Labute approximate surface area is 107 Å². The van der Waals surface area contributed by atoms with E-state index in [0.29, 0.717) is 12.2 Å². The van der Waals surface area contributed by atoms with Crippen molar-refractivity contribution >= 4 is 5.97 Å². The van der Waals surface area contributed by atoms with Gasteiger partial charge in [-0.05, 0) is 44.0 Å². The fourth-order valence-corrected chi connectivity index (χ4v) is 2.00. The molecule has 0 aromatic heterocycles. The van der Waals surface area contributed by atoms with Crippen molar-refractivity contribution in [1.29, 1.82) is 0 Å². The fourth-order valence-electron chi connectivity index (χ4n) is 2.00.